The second-order valence-electron chi connectivity index (χ2n) is 4.93. The molecular weight excluding hydrogens is 346 g/mol. The van der Waals surface area contributed by atoms with Crippen molar-refractivity contribution in [3.63, 3.8) is 0 Å². The molecule has 0 bridgehead atoms. The lowest BCUT2D eigenvalue weighted by atomic mass is 9.99. The number of aliphatic hydroxyl groups is 5. The van der Waals surface area contributed by atoms with E-state index in [1.165, 1.54) is 24.3 Å². The van der Waals surface area contributed by atoms with Gasteiger partial charge in [-0.05, 0) is 12.1 Å². The summed E-state index contributed by atoms with van der Waals surface area (Å²) in [6.07, 6.45) is -10.9. The number of amides is 1. The largest absolute Gasteiger partial charge is 0.605 e. The molecule has 1 aromatic carbocycles. The van der Waals surface area contributed by atoms with E-state index in [0.29, 0.717) is 0 Å². The van der Waals surface area contributed by atoms with E-state index in [1.54, 1.807) is 6.07 Å². The van der Waals surface area contributed by atoms with Crippen molar-refractivity contribution >= 4 is 11.6 Å². The summed E-state index contributed by atoms with van der Waals surface area (Å²) in [6.45, 7) is 0. The molecule has 1 rings (SSSR count). The number of hydrogen-bond donors (Lipinski definition) is 6. The molecule has 13 heteroatoms. The summed E-state index contributed by atoms with van der Waals surface area (Å²) in [6, 6.07) is 7.52. The number of nitrogens with one attached hydrogen (secondary N) is 1. The van der Waals surface area contributed by atoms with Gasteiger partial charge in [-0.3, -0.25) is 30.1 Å². The van der Waals surface area contributed by atoms with Gasteiger partial charge in [0.2, 0.25) is 0 Å². The van der Waals surface area contributed by atoms with Crippen LogP contribution in [0.3, 0.4) is 0 Å². The molecule has 0 aliphatic carbocycles. The SMILES string of the molecule is O=C(Nc1ccccc1)[C@H](O)[C@@H](O)[C@@H](O)[C@H](O)C(O)([N+](=O)[O-])[N+](=O)[O-]. The fourth-order valence-corrected chi connectivity index (χ4v) is 1.78. The van der Waals surface area contributed by atoms with Gasteiger partial charge in [-0.2, -0.15) is 0 Å². The van der Waals surface area contributed by atoms with E-state index in [1.807, 2.05) is 0 Å². The molecule has 138 valence electrons. The molecule has 1 amide bonds. The average Bonchev–Trinajstić information content (AvgIpc) is 2.58. The Labute approximate surface area is 139 Å². The van der Waals surface area contributed by atoms with E-state index >= 15 is 0 Å². The molecule has 0 aromatic heterocycles. The van der Waals surface area contributed by atoms with E-state index in [9.17, 15) is 50.6 Å². The Morgan fingerprint density at radius 2 is 1.48 bits per heavy atom. The van der Waals surface area contributed by atoms with Gasteiger partial charge in [0.05, 0.1) is 0 Å². The number of anilines is 1. The Morgan fingerprint density at radius 3 is 1.92 bits per heavy atom. The molecular formula is C12H15N3O10. The fraction of sp³-hybridized carbons (Fsp3) is 0.417. The summed E-state index contributed by atoms with van der Waals surface area (Å²) in [5, 5.41) is 71.0. The predicted molar refractivity (Wildman–Crippen MR) is 78.0 cm³/mol. The smallest absolute Gasteiger partial charge is 0.387 e. The number of aliphatic hydroxyl groups excluding tert-OH is 4. The van der Waals surface area contributed by atoms with E-state index < -0.39 is 46.0 Å². The van der Waals surface area contributed by atoms with Gasteiger partial charge in [-0.15, -0.1) is 0 Å². The summed E-state index contributed by atoms with van der Waals surface area (Å²) >= 11 is 0. The molecule has 6 N–H and O–H groups in total. The Kier molecular flexibility index (Phi) is 6.43. The van der Waals surface area contributed by atoms with Crippen LogP contribution in [0, 0.1) is 20.2 Å². The van der Waals surface area contributed by atoms with Crippen molar-refractivity contribution in [2.75, 3.05) is 5.32 Å². The number of nitrogens with zero attached hydrogens (tertiary/aromatic N) is 2. The molecule has 0 aliphatic heterocycles. The van der Waals surface area contributed by atoms with Crippen LogP contribution in [0.4, 0.5) is 5.69 Å². The van der Waals surface area contributed by atoms with E-state index in [-0.39, 0.29) is 5.69 Å². The van der Waals surface area contributed by atoms with Crippen molar-refractivity contribution < 1.29 is 40.2 Å². The maximum Gasteiger partial charge on any atom is 0.605 e. The Hall–Kier alpha value is -2.71. The van der Waals surface area contributed by atoms with Crippen LogP contribution in [0.1, 0.15) is 0 Å². The highest BCUT2D eigenvalue weighted by molar-refractivity contribution is 5.94. The fourth-order valence-electron chi connectivity index (χ4n) is 1.78. The highest BCUT2D eigenvalue weighted by Gasteiger charge is 2.66. The molecule has 0 spiro atoms. The van der Waals surface area contributed by atoms with Gasteiger partial charge in [0.25, 0.3) is 12.0 Å². The van der Waals surface area contributed by atoms with Crippen LogP contribution >= 0.6 is 0 Å². The molecule has 0 fully saturated rings. The lowest BCUT2D eigenvalue weighted by molar-refractivity contribution is -0.858. The van der Waals surface area contributed by atoms with Crippen LogP contribution in [0.5, 0.6) is 0 Å². The molecule has 0 aliphatic rings. The van der Waals surface area contributed by atoms with Crippen molar-refractivity contribution in [3.8, 4) is 0 Å². The Bertz CT molecular complexity index is 625. The quantitative estimate of drug-likeness (QED) is 0.159. The van der Waals surface area contributed by atoms with Crippen LogP contribution in [-0.4, -0.2) is 71.6 Å². The van der Waals surface area contributed by atoms with Crippen molar-refractivity contribution in [2.24, 2.45) is 0 Å². The molecule has 0 unspecified atom stereocenters. The van der Waals surface area contributed by atoms with Crippen LogP contribution in [0.2, 0.25) is 0 Å². The molecule has 1 aromatic rings. The third-order valence-electron chi connectivity index (χ3n) is 3.24. The van der Waals surface area contributed by atoms with E-state index in [2.05, 4.69) is 5.32 Å². The number of carbonyl (C=O) groups is 1. The zero-order valence-electron chi connectivity index (χ0n) is 12.4. The summed E-state index contributed by atoms with van der Waals surface area (Å²) in [7, 11) is 0. The molecule has 25 heavy (non-hydrogen) atoms. The van der Waals surface area contributed by atoms with Gasteiger partial charge in [0.15, 0.2) is 6.10 Å². The maximum absolute atomic E-state index is 11.8. The van der Waals surface area contributed by atoms with Crippen LogP contribution in [-0.2, 0) is 4.79 Å². The predicted octanol–water partition coefficient (Wildman–Crippen LogP) is -2.73. The molecule has 0 radical (unpaired) electrons. The second-order valence-corrected chi connectivity index (χ2v) is 4.93. The first-order chi connectivity index (χ1) is 11.5. The van der Waals surface area contributed by atoms with Crippen LogP contribution < -0.4 is 5.32 Å². The minimum Gasteiger partial charge on any atom is -0.387 e. The zero-order valence-corrected chi connectivity index (χ0v) is 12.4. The van der Waals surface area contributed by atoms with Gasteiger partial charge in [0.1, 0.15) is 22.1 Å². The monoisotopic (exact) mass is 361 g/mol. The highest BCUT2D eigenvalue weighted by Crippen LogP contribution is 2.19. The van der Waals surface area contributed by atoms with E-state index in [4.69, 9.17) is 0 Å². The molecule has 0 heterocycles. The maximum atomic E-state index is 11.8. The highest BCUT2D eigenvalue weighted by atomic mass is 16.7. The van der Waals surface area contributed by atoms with Gasteiger partial charge in [0, 0.05) is 5.69 Å². The van der Waals surface area contributed by atoms with Gasteiger partial charge in [-0.1, -0.05) is 18.2 Å². The van der Waals surface area contributed by atoms with Gasteiger partial charge < -0.3 is 25.7 Å². The molecule has 0 saturated heterocycles. The Morgan fingerprint density at radius 1 is 1.00 bits per heavy atom. The zero-order chi connectivity index (χ0) is 19.4. The first-order valence-corrected chi connectivity index (χ1v) is 6.63. The third-order valence-corrected chi connectivity index (χ3v) is 3.24. The van der Waals surface area contributed by atoms with Crippen molar-refractivity contribution in [1.82, 2.24) is 0 Å². The van der Waals surface area contributed by atoms with E-state index in [0.717, 1.165) is 0 Å². The van der Waals surface area contributed by atoms with Crippen LogP contribution in [0.25, 0.3) is 0 Å². The number of rotatable bonds is 8. The topological polar surface area (TPSA) is 217 Å². The summed E-state index contributed by atoms with van der Waals surface area (Å²) in [5.41, 5.74) is 0.195. The Balaban J connectivity index is 2.89. The molecule has 13 nitrogen and oxygen atoms in total. The lowest BCUT2D eigenvalue weighted by Gasteiger charge is -2.26. The second kappa shape index (κ2) is 7.91. The minimum absolute atomic E-state index is 0.195. The van der Waals surface area contributed by atoms with Crippen molar-refractivity contribution in [1.29, 1.82) is 0 Å². The summed E-state index contributed by atoms with van der Waals surface area (Å²) in [4.78, 5) is 29.1. The standard InChI is InChI=1S/C12H15N3O10/c16-7(8(17)10(19)12(21,14(22)23)15(24)25)9(18)11(20)13-6-4-2-1-3-5-6/h1-5,7-10,16-19,21H,(H,13,20)/t7-,8+,9+,10-/m0/s1. The van der Waals surface area contributed by atoms with Gasteiger partial charge in [-0.25, -0.2) is 0 Å². The summed E-state index contributed by atoms with van der Waals surface area (Å²) in [5.74, 6) is -5.52. The number of benzene rings is 1. The lowest BCUT2D eigenvalue weighted by Crippen LogP contribution is -2.63. The minimum atomic E-state index is -4.25. The number of nitro groups is 2. The number of hydrogen-bond acceptors (Lipinski definition) is 10. The van der Waals surface area contributed by atoms with Crippen LogP contribution in [0.15, 0.2) is 30.3 Å². The van der Waals surface area contributed by atoms with Crippen molar-refractivity contribution in [3.05, 3.63) is 50.6 Å². The summed E-state index contributed by atoms with van der Waals surface area (Å²) < 4.78 is 0. The first kappa shape index (κ1) is 20.3. The average molecular weight is 361 g/mol. The van der Waals surface area contributed by atoms with Crippen molar-refractivity contribution in [2.45, 2.75) is 30.3 Å². The normalized spacial score (nSPS) is 16.4. The number of para-hydroxylation sites is 1. The first-order valence-electron chi connectivity index (χ1n) is 6.63. The third kappa shape index (κ3) is 4.23. The molecule has 0 saturated carbocycles. The number of carbonyl (C=O) groups excluding carboxylic acids is 1. The molecule has 4 atom stereocenters. The van der Waals surface area contributed by atoms with Gasteiger partial charge >= 0.3 is 5.85 Å².